The van der Waals surface area contributed by atoms with Gasteiger partial charge >= 0.3 is 0 Å². The van der Waals surface area contributed by atoms with Crippen molar-refractivity contribution in [1.82, 2.24) is 0 Å². The van der Waals surface area contributed by atoms with Crippen LogP contribution in [0.2, 0.25) is 5.02 Å². The van der Waals surface area contributed by atoms with Crippen LogP contribution in [0.5, 0.6) is 5.75 Å². The van der Waals surface area contributed by atoms with Gasteiger partial charge in [0, 0.05) is 16.4 Å². The fourth-order valence-electron chi connectivity index (χ4n) is 3.50. The molecule has 4 rings (SSSR count). The largest absolute Gasteiger partial charge is 0.497 e. The van der Waals surface area contributed by atoms with Crippen molar-refractivity contribution in [3.05, 3.63) is 88.9 Å². The third-order valence-corrected chi connectivity index (χ3v) is 5.17. The maximum atomic E-state index is 13.5. The molecule has 1 amide bonds. The molecule has 0 fully saturated rings. The van der Waals surface area contributed by atoms with Gasteiger partial charge in [-0.25, -0.2) is 0 Å². The predicted octanol–water partition coefficient (Wildman–Crippen LogP) is 5.29. The van der Waals surface area contributed by atoms with Crippen molar-refractivity contribution < 1.29 is 9.53 Å². The highest BCUT2D eigenvalue weighted by Gasteiger charge is 2.43. The van der Waals surface area contributed by atoms with Gasteiger partial charge in [-0.15, -0.1) is 0 Å². The van der Waals surface area contributed by atoms with Gasteiger partial charge in [0.2, 0.25) is 0 Å². The fourth-order valence-corrected chi connectivity index (χ4v) is 3.63. The number of benzene rings is 3. The van der Waals surface area contributed by atoms with Crippen molar-refractivity contribution in [3.8, 4) is 5.75 Å². The zero-order valence-corrected chi connectivity index (χ0v) is 15.8. The summed E-state index contributed by atoms with van der Waals surface area (Å²) in [5, 5.41) is 4.20. The minimum atomic E-state index is -0.773. The van der Waals surface area contributed by atoms with Gasteiger partial charge < -0.3 is 10.1 Å². The van der Waals surface area contributed by atoms with Crippen molar-refractivity contribution in [2.45, 2.75) is 12.6 Å². The molecular weight excluding hydrogens is 360 g/mol. The molecule has 0 radical (unpaired) electrons. The normalized spacial score (nSPS) is 18.6. The molecule has 1 heterocycles. The lowest BCUT2D eigenvalue weighted by atomic mass is 9.93. The van der Waals surface area contributed by atoms with Crippen LogP contribution >= 0.6 is 11.6 Å². The molecule has 0 bridgehead atoms. The molecule has 136 valence electrons. The molecular formula is C22H19ClN2O2. The molecule has 1 N–H and O–H groups in total. The first kappa shape index (κ1) is 17.4. The Hall–Kier alpha value is -2.98. The zero-order valence-electron chi connectivity index (χ0n) is 15.1. The monoisotopic (exact) mass is 378 g/mol. The highest BCUT2D eigenvalue weighted by Crippen LogP contribution is 2.41. The van der Waals surface area contributed by atoms with Gasteiger partial charge in [0.1, 0.15) is 11.4 Å². The Bertz CT molecular complexity index is 986. The summed E-state index contributed by atoms with van der Waals surface area (Å²) in [6, 6.07) is 22.6. The first-order valence-corrected chi connectivity index (χ1v) is 9.02. The van der Waals surface area contributed by atoms with E-state index in [1.54, 1.807) is 12.0 Å². The number of nitrogens with zero attached hydrogens (tertiary/aromatic N) is 1. The number of rotatable bonds is 3. The number of nitrogens with one attached hydrogen (secondary N) is 1. The van der Waals surface area contributed by atoms with E-state index in [2.05, 4.69) is 5.32 Å². The molecule has 27 heavy (non-hydrogen) atoms. The number of carbonyl (C=O) groups is 1. The van der Waals surface area contributed by atoms with Gasteiger partial charge in [-0.2, -0.15) is 0 Å². The molecule has 1 aliphatic heterocycles. The molecule has 0 aromatic heterocycles. The van der Waals surface area contributed by atoms with Crippen molar-refractivity contribution in [2.24, 2.45) is 0 Å². The number of hydrogen-bond donors (Lipinski definition) is 1. The molecule has 0 unspecified atom stereocenters. The van der Waals surface area contributed by atoms with Gasteiger partial charge in [-0.3, -0.25) is 9.69 Å². The molecule has 5 heteroatoms. The second-order valence-electron chi connectivity index (χ2n) is 6.59. The van der Waals surface area contributed by atoms with Gasteiger partial charge in [-0.05, 0) is 61.0 Å². The second kappa shape index (κ2) is 6.63. The maximum absolute atomic E-state index is 13.5. The van der Waals surface area contributed by atoms with Crippen molar-refractivity contribution in [1.29, 1.82) is 0 Å². The van der Waals surface area contributed by atoms with Crippen LogP contribution in [-0.4, -0.2) is 13.0 Å². The van der Waals surface area contributed by atoms with Crippen LogP contribution in [0.3, 0.4) is 0 Å². The molecule has 0 saturated heterocycles. The quantitative estimate of drug-likeness (QED) is 0.673. The first-order chi connectivity index (χ1) is 13.0. The SMILES string of the molecule is COc1ccc(N2C(=O)c3ccccc3N[C@@]2(C)c2ccc(Cl)cc2)cc1. The lowest BCUT2D eigenvalue weighted by molar-refractivity contribution is 0.0956. The molecule has 1 aliphatic rings. The van der Waals surface area contributed by atoms with Crippen LogP contribution in [0.25, 0.3) is 0 Å². The van der Waals surface area contributed by atoms with Crippen LogP contribution in [0.1, 0.15) is 22.8 Å². The lowest BCUT2D eigenvalue weighted by Crippen LogP contribution is -2.56. The van der Waals surface area contributed by atoms with E-state index in [0.717, 1.165) is 22.7 Å². The summed E-state index contributed by atoms with van der Waals surface area (Å²) in [7, 11) is 1.62. The number of methoxy groups -OCH3 is 1. The van der Waals surface area contributed by atoms with E-state index in [1.165, 1.54) is 0 Å². The van der Waals surface area contributed by atoms with E-state index in [-0.39, 0.29) is 5.91 Å². The number of carbonyl (C=O) groups excluding carboxylic acids is 1. The Morgan fingerprint density at radius 3 is 2.30 bits per heavy atom. The summed E-state index contributed by atoms with van der Waals surface area (Å²) in [5.41, 5.74) is 2.39. The number of fused-ring (bicyclic) bond motifs is 1. The van der Waals surface area contributed by atoms with Crippen molar-refractivity contribution in [3.63, 3.8) is 0 Å². The summed E-state index contributed by atoms with van der Waals surface area (Å²) >= 11 is 6.08. The smallest absolute Gasteiger partial charge is 0.262 e. The number of ether oxygens (including phenoxy) is 1. The Kier molecular flexibility index (Phi) is 4.28. The van der Waals surface area contributed by atoms with E-state index in [1.807, 2.05) is 79.7 Å². The van der Waals surface area contributed by atoms with Gasteiger partial charge in [0.15, 0.2) is 0 Å². The topological polar surface area (TPSA) is 41.6 Å². The number of halogens is 1. The fraction of sp³-hybridized carbons (Fsp3) is 0.136. The van der Waals surface area contributed by atoms with Crippen LogP contribution in [0, 0.1) is 0 Å². The maximum Gasteiger partial charge on any atom is 0.262 e. The summed E-state index contributed by atoms with van der Waals surface area (Å²) in [6.45, 7) is 1.99. The van der Waals surface area contributed by atoms with E-state index < -0.39 is 5.66 Å². The molecule has 0 aliphatic carbocycles. The molecule has 3 aromatic carbocycles. The van der Waals surface area contributed by atoms with Crippen LogP contribution in [-0.2, 0) is 5.66 Å². The molecule has 1 atom stereocenters. The summed E-state index contributed by atoms with van der Waals surface area (Å²) in [5.74, 6) is 0.678. The Balaban J connectivity index is 1.90. The summed E-state index contributed by atoms with van der Waals surface area (Å²) in [4.78, 5) is 15.2. The Labute approximate surface area is 163 Å². The van der Waals surface area contributed by atoms with E-state index in [4.69, 9.17) is 16.3 Å². The summed E-state index contributed by atoms with van der Waals surface area (Å²) in [6.07, 6.45) is 0. The number of hydrogen-bond acceptors (Lipinski definition) is 3. The number of anilines is 2. The predicted molar refractivity (Wildman–Crippen MR) is 109 cm³/mol. The second-order valence-corrected chi connectivity index (χ2v) is 7.02. The number of amides is 1. The highest BCUT2D eigenvalue weighted by molar-refractivity contribution is 6.30. The third-order valence-electron chi connectivity index (χ3n) is 4.92. The average molecular weight is 379 g/mol. The van der Waals surface area contributed by atoms with Gasteiger partial charge in [0.05, 0.1) is 12.7 Å². The van der Waals surface area contributed by atoms with Crippen LogP contribution in [0.4, 0.5) is 11.4 Å². The zero-order chi connectivity index (χ0) is 19.0. The Morgan fingerprint density at radius 2 is 1.63 bits per heavy atom. The molecule has 0 spiro atoms. The molecule has 3 aromatic rings. The van der Waals surface area contributed by atoms with Crippen molar-refractivity contribution in [2.75, 3.05) is 17.3 Å². The summed E-state index contributed by atoms with van der Waals surface area (Å²) < 4.78 is 5.26. The van der Waals surface area contributed by atoms with Gasteiger partial charge in [-0.1, -0.05) is 35.9 Å². The van der Waals surface area contributed by atoms with E-state index in [0.29, 0.717) is 10.6 Å². The molecule has 4 nitrogen and oxygen atoms in total. The van der Waals surface area contributed by atoms with Crippen molar-refractivity contribution >= 4 is 28.9 Å². The van der Waals surface area contributed by atoms with Gasteiger partial charge in [0.25, 0.3) is 5.91 Å². The average Bonchev–Trinajstić information content (AvgIpc) is 2.69. The lowest BCUT2D eigenvalue weighted by Gasteiger charge is -2.46. The van der Waals surface area contributed by atoms with E-state index in [9.17, 15) is 4.79 Å². The first-order valence-electron chi connectivity index (χ1n) is 8.65. The van der Waals surface area contributed by atoms with E-state index >= 15 is 0 Å². The highest BCUT2D eigenvalue weighted by atomic mass is 35.5. The Morgan fingerprint density at radius 1 is 0.963 bits per heavy atom. The standard InChI is InChI=1S/C22H19ClN2O2/c1-22(15-7-9-16(23)10-8-15)24-20-6-4-3-5-19(20)21(26)25(22)17-11-13-18(27-2)14-12-17/h3-14,24H,1-2H3/t22-/m1/s1. The molecule has 0 saturated carbocycles. The van der Waals surface area contributed by atoms with Crippen LogP contribution < -0.4 is 15.0 Å². The van der Waals surface area contributed by atoms with Crippen LogP contribution in [0.15, 0.2) is 72.8 Å². The number of para-hydroxylation sites is 1. The minimum Gasteiger partial charge on any atom is -0.497 e. The third kappa shape index (κ3) is 2.92. The minimum absolute atomic E-state index is 0.0630.